The van der Waals surface area contributed by atoms with Crippen molar-refractivity contribution in [2.45, 2.75) is 12.6 Å². The highest BCUT2D eigenvalue weighted by molar-refractivity contribution is 7.88. The third kappa shape index (κ3) is 4.17. The Morgan fingerprint density at radius 1 is 1.28 bits per heavy atom. The predicted molar refractivity (Wildman–Crippen MR) is 110 cm³/mol. The van der Waals surface area contributed by atoms with E-state index in [4.69, 9.17) is 0 Å². The van der Waals surface area contributed by atoms with Crippen LogP contribution in [0.5, 0.6) is 0 Å². The highest BCUT2D eigenvalue weighted by atomic mass is 32.2. The Morgan fingerprint density at radius 3 is 2.83 bits per heavy atom. The minimum absolute atomic E-state index is 0.185. The number of fused-ring (bicyclic) bond motifs is 1. The summed E-state index contributed by atoms with van der Waals surface area (Å²) in [5.74, 6) is 0.429. The molecule has 3 aromatic heterocycles. The number of thiophene rings is 1. The van der Waals surface area contributed by atoms with Gasteiger partial charge in [0.2, 0.25) is 10.0 Å². The Kier molecular flexibility index (Phi) is 5.38. The van der Waals surface area contributed by atoms with Crippen molar-refractivity contribution in [3.05, 3.63) is 52.1 Å². The summed E-state index contributed by atoms with van der Waals surface area (Å²) in [5, 5.41) is 13.4. The SMILES string of the molecule is CN1CCN(S(C)(=O)=O)C[C@@H]1c1nnc2ccc(C(=O)NCc3cccs3)cn12. The molecule has 1 amide bonds. The van der Waals surface area contributed by atoms with Gasteiger partial charge in [-0.25, -0.2) is 8.42 Å². The quantitative estimate of drug-likeness (QED) is 0.642. The molecule has 0 spiro atoms. The Labute approximate surface area is 173 Å². The maximum atomic E-state index is 12.6. The summed E-state index contributed by atoms with van der Waals surface area (Å²) < 4.78 is 27.2. The summed E-state index contributed by atoms with van der Waals surface area (Å²) >= 11 is 1.59. The van der Waals surface area contributed by atoms with Crippen molar-refractivity contribution in [2.24, 2.45) is 0 Å². The molecule has 0 saturated carbocycles. The van der Waals surface area contributed by atoms with Crippen LogP contribution >= 0.6 is 11.3 Å². The zero-order chi connectivity index (χ0) is 20.6. The number of carbonyl (C=O) groups excluding carboxylic acids is 1. The first-order chi connectivity index (χ1) is 13.8. The number of amides is 1. The molecule has 0 aromatic carbocycles. The van der Waals surface area contributed by atoms with E-state index in [2.05, 4.69) is 20.4 Å². The normalized spacial score (nSPS) is 18.9. The van der Waals surface area contributed by atoms with Gasteiger partial charge in [-0.1, -0.05) is 6.07 Å². The number of piperazine rings is 1. The van der Waals surface area contributed by atoms with E-state index in [1.807, 2.05) is 24.6 Å². The molecule has 1 saturated heterocycles. The first-order valence-corrected chi connectivity index (χ1v) is 11.9. The monoisotopic (exact) mass is 434 g/mol. The lowest BCUT2D eigenvalue weighted by molar-refractivity contribution is 0.0950. The highest BCUT2D eigenvalue weighted by Gasteiger charge is 2.33. The molecule has 0 aliphatic carbocycles. The smallest absolute Gasteiger partial charge is 0.253 e. The molecule has 1 fully saturated rings. The average molecular weight is 435 g/mol. The molecule has 4 heterocycles. The Morgan fingerprint density at radius 2 is 2.10 bits per heavy atom. The molecular weight excluding hydrogens is 412 g/mol. The largest absolute Gasteiger partial charge is 0.347 e. The second-order valence-corrected chi connectivity index (χ2v) is 10.1. The number of likely N-dealkylation sites (N-methyl/N-ethyl adjacent to an activating group) is 1. The van der Waals surface area contributed by atoms with Crippen molar-refractivity contribution < 1.29 is 13.2 Å². The second kappa shape index (κ2) is 7.82. The molecule has 3 aromatic rings. The van der Waals surface area contributed by atoms with Gasteiger partial charge in [0.05, 0.1) is 24.4 Å². The topological polar surface area (TPSA) is 99.9 Å². The number of aromatic nitrogens is 3. The van der Waals surface area contributed by atoms with Crippen LogP contribution in [0.4, 0.5) is 0 Å². The van der Waals surface area contributed by atoms with Gasteiger partial charge in [-0.2, -0.15) is 4.31 Å². The van der Waals surface area contributed by atoms with E-state index in [1.54, 1.807) is 34.1 Å². The van der Waals surface area contributed by atoms with Crippen LogP contribution in [0.2, 0.25) is 0 Å². The van der Waals surface area contributed by atoms with Gasteiger partial charge in [-0.15, -0.1) is 21.5 Å². The molecular formula is C18H22N6O3S2. The number of hydrogen-bond donors (Lipinski definition) is 1. The van der Waals surface area contributed by atoms with Crippen molar-refractivity contribution in [2.75, 3.05) is 32.9 Å². The van der Waals surface area contributed by atoms with Crippen LogP contribution in [0.3, 0.4) is 0 Å². The number of nitrogens with one attached hydrogen (secondary N) is 1. The molecule has 11 heteroatoms. The van der Waals surface area contributed by atoms with Crippen LogP contribution in [0.25, 0.3) is 5.65 Å². The Hall–Kier alpha value is -2.34. The fourth-order valence-electron chi connectivity index (χ4n) is 3.38. The van der Waals surface area contributed by atoms with E-state index in [-0.39, 0.29) is 11.9 Å². The molecule has 29 heavy (non-hydrogen) atoms. The predicted octanol–water partition coefficient (Wildman–Crippen LogP) is 0.969. The third-order valence-electron chi connectivity index (χ3n) is 5.07. The first-order valence-electron chi connectivity index (χ1n) is 9.13. The van der Waals surface area contributed by atoms with Gasteiger partial charge in [-0.3, -0.25) is 14.1 Å². The summed E-state index contributed by atoms with van der Waals surface area (Å²) in [6.45, 7) is 1.80. The van der Waals surface area contributed by atoms with Crippen molar-refractivity contribution in [1.29, 1.82) is 0 Å². The maximum absolute atomic E-state index is 12.6. The number of sulfonamides is 1. The molecule has 0 radical (unpaired) electrons. The van der Waals surface area contributed by atoms with E-state index in [0.29, 0.717) is 43.2 Å². The fraction of sp³-hybridized carbons (Fsp3) is 0.389. The van der Waals surface area contributed by atoms with Crippen LogP contribution in [0, 0.1) is 0 Å². The Balaban J connectivity index is 1.60. The molecule has 1 aliphatic heterocycles. The number of pyridine rings is 1. The van der Waals surface area contributed by atoms with Gasteiger partial charge < -0.3 is 5.32 Å². The fourth-order valence-corrected chi connectivity index (χ4v) is 4.85. The van der Waals surface area contributed by atoms with Gasteiger partial charge in [0.15, 0.2) is 11.5 Å². The van der Waals surface area contributed by atoms with Crippen molar-refractivity contribution >= 4 is 32.9 Å². The lowest BCUT2D eigenvalue weighted by Gasteiger charge is -2.37. The molecule has 0 unspecified atom stereocenters. The minimum atomic E-state index is -3.29. The van der Waals surface area contributed by atoms with Gasteiger partial charge in [0.25, 0.3) is 5.91 Å². The van der Waals surface area contributed by atoms with Crippen LogP contribution in [-0.2, 0) is 16.6 Å². The van der Waals surface area contributed by atoms with E-state index in [0.717, 1.165) is 4.88 Å². The Bertz CT molecular complexity index is 1130. The minimum Gasteiger partial charge on any atom is -0.347 e. The van der Waals surface area contributed by atoms with Crippen molar-refractivity contribution in [3.63, 3.8) is 0 Å². The van der Waals surface area contributed by atoms with E-state index >= 15 is 0 Å². The second-order valence-electron chi connectivity index (χ2n) is 7.08. The lowest BCUT2D eigenvalue weighted by Crippen LogP contribution is -2.49. The maximum Gasteiger partial charge on any atom is 0.253 e. The number of nitrogens with zero attached hydrogens (tertiary/aromatic N) is 5. The van der Waals surface area contributed by atoms with E-state index < -0.39 is 10.0 Å². The summed E-state index contributed by atoms with van der Waals surface area (Å²) in [5.41, 5.74) is 1.10. The van der Waals surface area contributed by atoms with Gasteiger partial charge in [0.1, 0.15) is 0 Å². The molecule has 4 rings (SSSR count). The molecule has 154 valence electrons. The molecule has 0 bridgehead atoms. The van der Waals surface area contributed by atoms with Crippen molar-refractivity contribution in [3.8, 4) is 0 Å². The molecule has 1 atom stereocenters. The van der Waals surface area contributed by atoms with Gasteiger partial charge >= 0.3 is 0 Å². The van der Waals surface area contributed by atoms with Gasteiger partial charge in [-0.05, 0) is 30.6 Å². The number of rotatable bonds is 5. The van der Waals surface area contributed by atoms with Crippen molar-refractivity contribution in [1.82, 2.24) is 29.1 Å². The van der Waals surface area contributed by atoms with Crippen LogP contribution in [0.1, 0.15) is 27.1 Å². The highest BCUT2D eigenvalue weighted by Crippen LogP contribution is 2.24. The molecule has 1 aliphatic rings. The first kappa shape index (κ1) is 20.0. The molecule has 1 N–H and O–H groups in total. The number of hydrogen-bond acceptors (Lipinski definition) is 7. The zero-order valence-corrected chi connectivity index (χ0v) is 17.8. The molecule has 9 nitrogen and oxygen atoms in total. The lowest BCUT2D eigenvalue weighted by atomic mass is 10.2. The van der Waals surface area contributed by atoms with Crippen LogP contribution in [-0.4, -0.2) is 71.1 Å². The zero-order valence-electron chi connectivity index (χ0n) is 16.1. The third-order valence-corrected chi connectivity index (χ3v) is 7.22. The summed E-state index contributed by atoms with van der Waals surface area (Å²) in [6, 6.07) is 7.12. The van der Waals surface area contributed by atoms with E-state index in [9.17, 15) is 13.2 Å². The summed E-state index contributed by atoms with van der Waals surface area (Å²) in [7, 11) is -1.36. The van der Waals surface area contributed by atoms with Gasteiger partial charge in [0, 0.05) is 30.7 Å². The summed E-state index contributed by atoms with van der Waals surface area (Å²) in [6.07, 6.45) is 2.93. The number of carbonyl (C=O) groups is 1. The van der Waals surface area contributed by atoms with Crippen LogP contribution < -0.4 is 5.32 Å². The summed E-state index contributed by atoms with van der Waals surface area (Å²) in [4.78, 5) is 15.7. The van der Waals surface area contributed by atoms with E-state index in [1.165, 1.54) is 10.6 Å². The standard InChI is InChI=1S/C18H22N6O3S2/c1-22-7-8-23(29(2,26)27)12-15(22)17-21-20-16-6-5-13(11-24(16)17)18(25)19-10-14-4-3-9-28-14/h3-6,9,11,15H,7-8,10,12H2,1-2H3,(H,19,25)/t15-/m1/s1. The van der Waals surface area contributed by atoms with Crippen LogP contribution in [0.15, 0.2) is 35.8 Å². The average Bonchev–Trinajstić information content (AvgIpc) is 3.35.